The van der Waals surface area contributed by atoms with Crippen LogP contribution in [0.1, 0.15) is 20.7 Å². The number of methoxy groups -OCH3 is 1. The summed E-state index contributed by atoms with van der Waals surface area (Å²) in [4.78, 5) is 25.2. The lowest BCUT2D eigenvalue weighted by atomic mass is 10.1. The molecule has 0 saturated carbocycles. The first-order valence-electron chi connectivity index (χ1n) is 9.60. The Labute approximate surface area is 188 Å². The van der Waals surface area contributed by atoms with Gasteiger partial charge in [-0.3, -0.25) is 9.59 Å². The van der Waals surface area contributed by atoms with Gasteiger partial charge in [-0.15, -0.1) is 0 Å². The maximum absolute atomic E-state index is 14.1. The van der Waals surface area contributed by atoms with Crippen LogP contribution in [0.25, 0.3) is 0 Å². The lowest BCUT2D eigenvalue weighted by Gasteiger charge is -2.18. The standard InChI is InChI=1S/C23H18ClFN2O5/c1-30-19-7-4-15(12-18(19)27-23(29)16-5-3-14(24)11-17(16)25)26-22(28)13-2-6-20-21(10-13)32-9-8-31-20/h2-7,10-12H,8-9H2,1H3,(H,26,28)(H,27,29). The summed E-state index contributed by atoms with van der Waals surface area (Å²) in [5.41, 5.74) is 0.852. The monoisotopic (exact) mass is 456 g/mol. The molecule has 1 aliphatic heterocycles. The predicted molar refractivity (Wildman–Crippen MR) is 118 cm³/mol. The maximum atomic E-state index is 14.1. The lowest BCUT2D eigenvalue weighted by molar-refractivity contribution is 0.101. The Balaban J connectivity index is 1.54. The van der Waals surface area contributed by atoms with Gasteiger partial charge in [-0.1, -0.05) is 11.6 Å². The van der Waals surface area contributed by atoms with Crippen molar-refractivity contribution in [2.75, 3.05) is 31.0 Å². The van der Waals surface area contributed by atoms with Crippen molar-refractivity contribution in [3.8, 4) is 17.2 Å². The molecule has 32 heavy (non-hydrogen) atoms. The van der Waals surface area contributed by atoms with Crippen LogP contribution in [0.2, 0.25) is 5.02 Å². The molecular formula is C23H18ClFN2O5. The molecule has 0 spiro atoms. The highest BCUT2D eigenvalue weighted by Crippen LogP contribution is 2.32. The first-order valence-corrected chi connectivity index (χ1v) is 9.98. The normalized spacial score (nSPS) is 12.1. The number of carbonyl (C=O) groups excluding carboxylic acids is 2. The molecule has 0 aliphatic carbocycles. The highest BCUT2D eigenvalue weighted by atomic mass is 35.5. The summed E-state index contributed by atoms with van der Waals surface area (Å²) in [6.45, 7) is 0.868. The zero-order valence-electron chi connectivity index (χ0n) is 16.9. The van der Waals surface area contributed by atoms with Crippen molar-refractivity contribution < 1.29 is 28.2 Å². The molecule has 2 amide bonds. The fourth-order valence-corrected chi connectivity index (χ4v) is 3.29. The average Bonchev–Trinajstić information content (AvgIpc) is 2.79. The minimum Gasteiger partial charge on any atom is -0.495 e. The van der Waals surface area contributed by atoms with E-state index in [1.54, 1.807) is 30.3 Å². The number of rotatable bonds is 5. The molecule has 0 fully saturated rings. The average molecular weight is 457 g/mol. The predicted octanol–water partition coefficient (Wildman–Crippen LogP) is 4.76. The van der Waals surface area contributed by atoms with E-state index >= 15 is 0 Å². The van der Waals surface area contributed by atoms with E-state index in [1.165, 1.54) is 25.3 Å². The molecule has 0 bridgehead atoms. The van der Waals surface area contributed by atoms with Crippen LogP contribution in [0.15, 0.2) is 54.6 Å². The van der Waals surface area contributed by atoms with Crippen molar-refractivity contribution in [2.24, 2.45) is 0 Å². The molecule has 1 aliphatic rings. The number of fused-ring (bicyclic) bond motifs is 1. The molecule has 2 N–H and O–H groups in total. The maximum Gasteiger partial charge on any atom is 0.258 e. The van der Waals surface area contributed by atoms with E-state index in [-0.39, 0.29) is 22.2 Å². The summed E-state index contributed by atoms with van der Waals surface area (Å²) >= 11 is 5.74. The van der Waals surface area contributed by atoms with E-state index in [9.17, 15) is 14.0 Å². The van der Waals surface area contributed by atoms with Gasteiger partial charge >= 0.3 is 0 Å². The van der Waals surface area contributed by atoms with Crippen LogP contribution in [0.4, 0.5) is 15.8 Å². The Kier molecular flexibility index (Phi) is 6.13. The third kappa shape index (κ3) is 4.60. The molecule has 0 aromatic heterocycles. The van der Waals surface area contributed by atoms with Crippen molar-refractivity contribution in [1.29, 1.82) is 0 Å². The SMILES string of the molecule is COc1ccc(NC(=O)c2ccc3c(c2)OCCO3)cc1NC(=O)c1ccc(Cl)cc1F. The smallest absolute Gasteiger partial charge is 0.258 e. The van der Waals surface area contributed by atoms with Crippen LogP contribution >= 0.6 is 11.6 Å². The minimum atomic E-state index is -0.753. The molecule has 9 heteroatoms. The Bertz CT molecular complexity index is 1200. The van der Waals surface area contributed by atoms with Gasteiger partial charge in [-0.25, -0.2) is 4.39 Å². The molecule has 1 heterocycles. The van der Waals surface area contributed by atoms with Crippen molar-refractivity contribution in [2.45, 2.75) is 0 Å². The van der Waals surface area contributed by atoms with Crippen molar-refractivity contribution >= 4 is 34.8 Å². The topological polar surface area (TPSA) is 85.9 Å². The van der Waals surface area contributed by atoms with Crippen LogP contribution < -0.4 is 24.8 Å². The Morgan fingerprint density at radius 3 is 2.47 bits per heavy atom. The van der Waals surface area contributed by atoms with Crippen LogP contribution in [0.5, 0.6) is 17.2 Å². The largest absolute Gasteiger partial charge is 0.495 e. The Hall–Kier alpha value is -3.78. The number of nitrogens with one attached hydrogen (secondary N) is 2. The molecule has 7 nitrogen and oxygen atoms in total. The van der Waals surface area contributed by atoms with Crippen LogP contribution in [-0.4, -0.2) is 32.1 Å². The van der Waals surface area contributed by atoms with E-state index in [0.29, 0.717) is 41.7 Å². The fraction of sp³-hybridized carbons (Fsp3) is 0.130. The minimum absolute atomic E-state index is 0.179. The molecule has 0 radical (unpaired) electrons. The number of carbonyl (C=O) groups is 2. The van der Waals surface area contributed by atoms with E-state index < -0.39 is 11.7 Å². The number of ether oxygens (including phenoxy) is 3. The van der Waals surface area contributed by atoms with Gasteiger partial charge in [0.1, 0.15) is 24.8 Å². The number of benzene rings is 3. The molecule has 3 aromatic carbocycles. The number of hydrogen-bond donors (Lipinski definition) is 2. The van der Waals surface area contributed by atoms with Gasteiger partial charge in [0.05, 0.1) is 18.4 Å². The van der Waals surface area contributed by atoms with Gasteiger partial charge < -0.3 is 24.8 Å². The van der Waals surface area contributed by atoms with Crippen LogP contribution in [-0.2, 0) is 0 Å². The van der Waals surface area contributed by atoms with E-state index in [4.69, 9.17) is 25.8 Å². The molecule has 4 rings (SSSR count). The fourth-order valence-electron chi connectivity index (χ4n) is 3.13. The summed E-state index contributed by atoms with van der Waals surface area (Å²) < 4.78 is 30.3. The van der Waals surface area contributed by atoms with E-state index in [2.05, 4.69) is 10.6 Å². The Morgan fingerprint density at radius 2 is 1.72 bits per heavy atom. The molecule has 0 atom stereocenters. The van der Waals surface area contributed by atoms with Crippen molar-refractivity contribution in [3.05, 3.63) is 76.6 Å². The van der Waals surface area contributed by atoms with Gasteiger partial charge in [0.15, 0.2) is 11.5 Å². The third-order valence-electron chi connectivity index (χ3n) is 4.69. The molecule has 3 aromatic rings. The lowest BCUT2D eigenvalue weighted by Crippen LogP contribution is -2.17. The summed E-state index contributed by atoms with van der Waals surface area (Å²) in [7, 11) is 1.43. The summed E-state index contributed by atoms with van der Waals surface area (Å²) in [5, 5.41) is 5.53. The first-order chi connectivity index (χ1) is 15.4. The Morgan fingerprint density at radius 1 is 0.938 bits per heavy atom. The zero-order chi connectivity index (χ0) is 22.7. The van der Waals surface area contributed by atoms with Gasteiger partial charge in [0, 0.05) is 16.3 Å². The van der Waals surface area contributed by atoms with Gasteiger partial charge in [0.25, 0.3) is 11.8 Å². The quantitative estimate of drug-likeness (QED) is 0.578. The number of halogens is 2. The third-order valence-corrected chi connectivity index (χ3v) is 4.92. The zero-order valence-corrected chi connectivity index (χ0v) is 17.7. The van der Waals surface area contributed by atoms with Gasteiger partial charge in [-0.2, -0.15) is 0 Å². The first kappa shape index (κ1) is 21.5. The van der Waals surface area contributed by atoms with E-state index in [1.807, 2.05) is 0 Å². The van der Waals surface area contributed by atoms with Crippen molar-refractivity contribution in [1.82, 2.24) is 0 Å². The summed E-state index contributed by atoms with van der Waals surface area (Å²) in [6.07, 6.45) is 0. The highest BCUT2D eigenvalue weighted by molar-refractivity contribution is 6.30. The number of anilines is 2. The molecule has 164 valence electrons. The molecule has 0 saturated heterocycles. The van der Waals surface area contributed by atoms with Crippen LogP contribution in [0.3, 0.4) is 0 Å². The van der Waals surface area contributed by atoms with Gasteiger partial charge in [0.2, 0.25) is 0 Å². The van der Waals surface area contributed by atoms with Gasteiger partial charge in [-0.05, 0) is 54.6 Å². The van der Waals surface area contributed by atoms with Crippen molar-refractivity contribution in [3.63, 3.8) is 0 Å². The summed E-state index contributed by atoms with van der Waals surface area (Å²) in [5.74, 6) is -0.406. The second-order valence-corrected chi connectivity index (χ2v) is 7.24. The van der Waals surface area contributed by atoms with Crippen LogP contribution in [0, 0.1) is 5.82 Å². The molecular weight excluding hydrogens is 439 g/mol. The second kappa shape index (κ2) is 9.15. The van der Waals surface area contributed by atoms with E-state index in [0.717, 1.165) is 6.07 Å². The number of hydrogen-bond acceptors (Lipinski definition) is 5. The second-order valence-electron chi connectivity index (χ2n) is 6.81. The number of amides is 2. The highest BCUT2D eigenvalue weighted by Gasteiger charge is 2.17. The summed E-state index contributed by atoms with van der Waals surface area (Å²) in [6, 6.07) is 13.4. The molecule has 0 unspecified atom stereocenters.